The molecule has 1 heterocycles. The van der Waals surface area contributed by atoms with Gasteiger partial charge in [0.2, 0.25) is 5.91 Å². The molecule has 0 spiro atoms. The molecule has 1 atom stereocenters. The van der Waals surface area contributed by atoms with Gasteiger partial charge in [-0.1, -0.05) is 13.0 Å². The quantitative estimate of drug-likeness (QED) is 0.663. The van der Waals surface area contributed by atoms with Crippen LogP contribution in [0.4, 0.5) is 0 Å². The molecule has 5 nitrogen and oxygen atoms in total. The number of rotatable bonds is 9. The highest BCUT2D eigenvalue weighted by Crippen LogP contribution is 2.29. The van der Waals surface area contributed by atoms with Crippen LogP contribution in [0.5, 0.6) is 11.5 Å². The lowest BCUT2D eigenvalue weighted by atomic mass is 10.2. The smallest absolute Gasteiger partial charge is 0.244 e. The Hall–Kier alpha value is -2.69. The Kier molecular flexibility index (Phi) is 7.33. The minimum absolute atomic E-state index is 0.184. The molecule has 140 valence electrons. The Balaban J connectivity index is 2.01. The molecule has 0 fully saturated rings. The number of nitrogens with one attached hydrogen (secondary N) is 1. The van der Waals surface area contributed by atoms with E-state index in [0.717, 1.165) is 29.3 Å². The van der Waals surface area contributed by atoms with E-state index >= 15 is 0 Å². The number of furan rings is 1. The number of amides is 1. The summed E-state index contributed by atoms with van der Waals surface area (Å²) in [6.45, 7) is 8.94. The van der Waals surface area contributed by atoms with Crippen molar-refractivity contribution in [2.75, 3.05) is 13.2 Å². The van der Waals surface area contributed by atoms with Gasteiger partial charge >= 0.3 is 0 Å². The third-order valence-corrected chi connectivity index (χ3v) is 3.70. The second kappa shape index (κ2) is 9.70. The zero-order valence-corrected chi connectivity index (χ0v) is 15.9. The van der Waals surface area contributed by atoms with Gasteiger partial charge in [0.05, 0.1) is 19.3 Å². The van der Waals surface area contributed by atoms with Crippen LogP contribution in [0.3, 0.4) is 0 Å². The molecule has 2 rings (SSSR count). The minimum Gasteiger partial charge on any atom is -0.490 e. The van der Waals surface area contributed by atoms with Gasteiger partial charge in [-0.2, -0.15) is 0 Å². The Morgan fingerprint density at radius 1 is 1.19 bits per heavy atom. The highest BCUT2D eigenvalue weighted by atomic mass is 16.5. The molecule has 1 aromatic heterocycles. The zero-order chi connectivity index (χ0) is 18.9. The van der Waals surface area contributed by atoms with E-state index in [-0.39, 0.29) is 11.9 Å². The van der Waals surface area contributed by atoms with Crippen LogP contribution in [-0.2, 0) is 4.79 Å². The Morgan fingerprint density at radius 3 is 2.65 bits per heavy atom. The number of hydrogen-bond donors (Lipinski definition) is 1. The number of benzene rings is 1. The van der Waals surface area contributed by atoms with E-state index in [1.165, 1.54) is 6.08 Å². The summed E-state index contributed by atoms with van der Waals surface area (Å²) in [5.74, 6) is 2.78. The van der Waals surface area contributed by atoms with Crippen molar-refractivity contribution in [2.45, 2.75) is 40.2 Å². The summed E-state index contributed by atoms with van der Waals surface area (Å²) in [4.78, 5) is 12.1. The Bertz CT molecular complexity index is 748. The number of ether oxygens (including phenoxy) is 2. The summed E-state index contributed by atoms with van der Waals surface area (Å²) in [5, 5.41) is 2.88. The van der Waals surface area contributed by atoms with E-state index in [2.05, 4.69) is 12.2 Å². The van der Waals surface area contributed by atoms with Gasteiger partial charge < -0.3 is 19.2 Å². The van der Waals surface area contributed by atoms with Crippen molar-refractivity contribution >= 4 is 12.0 Å². The van der Waals surface area contributed by atoms with E-state index in [0.29, 0.717) is 19.0 Å². The largest absolute Gasteiger partial charge is 0.490 e. The second-order valence-electron chi connectivity index (χ2n) is 6.00. The van der Waals surface area contributed by atoms with Crippen LogP contribution in [0.2, 0.25) is 0 Å². The zero-order valence-electron chi connectivity index (χ0n) is 15.9. The van der Waals surface area contributed by atoms with E-state index in [4.69, 9.17) is 13.9 Å². The van der Waals surface area contributed by atoms with Gasteiger partial charge in [-0.05, 0) is 63.1 Å². The second-order valence-corrected chi connectivity index (χ2v) is 6.00. The first-order valence-corrected chi connectivity index (χ1v) is 8.98. The number of hydrogen-bond acceptors (Lipinski definition) is 4. The van der Waals surface area contributed by atoms with Crippen molar-refractivity contribution in [3.05, 3.63) is 53.5 Å². The molecule has 1 amide bonds. The highest BCUT2D eigenvalue weighted by Gasteiger charge is 2.11. The van der Waals surface area contributed by atoms with Gasteiger partial charge in [-0.3, -0.25) is 4.79 Å². The highest BCUT2D eigenvalue weighted by molar-refractivity contribution is 5.92. The topological polar surface area (TPSA) is 60.7 Å². The van der Waals surface area contributed by atoms with E-state index < -0.39 is 0 Å². The average Bonchev–Trinajstić information content (AvgIpc) is 3.06. The molecule has 0 aliphatic rings. The van der Waals surface area contributed by atoms with Crippen molar-refractivity contribution < 1.29 is 18.7 Å². The van der Waals surface area contributed by atoms with Crippen LogP contribution >= 0.6 is 0 Å². The Labute approximate surface area is 155 Å². The molecule has 1 N–H and O–H groups in total. The van der Waals surface area contributed by atoms with Crippen LogP contribution in [0.1, 0.15) is 50.3 Å². The molecule has 0 aliphatic heterocycles. The third-order valence-electron chi connectivity index (χ3n) is 3.70. The average molecular weight is 357 g/mol. The van der Waals surface area contributed by atoms with Crippen LogP contribution in [0.15, 0.2) is 40.8 Å². The van der Waals surface area contributed by atoms with Crippen molar-refractivity contribution in [1.29, 1.82) is 0 Å². The van der Waals surface area contributed by atoms with Crippen molar-refractivity contribution in [1.82, 2.24) is 5.32 Å². The molecule has 5 heteroatoms. The first-order valence-electron chi connectivity index (χ1n) is 8.98. The maximum Gasteiger partial charge on any atom is 0.244 e. The van der Waals surface area contributed by atoms with Crippen molar-refractivity contribution in [3.63, 3.8) is 0 Å². The van der Waals surface area contributed by atoms with E-state index in [1.54, 1.807) is 6.08 Å². The van der Waals surface area contributed by atoms with Crippen LogP contribution in [0, 0.1) is 6.92 Å². The molecule has 0 saturated carbocycles. The number of carbonyl (C=O) groups is 1. The lowest BCUT2D eigenvalue weighted by molar-refractivity contribution is -0.117. The first kappa shape index (κ1) is 19.6. The summed E-state index contributed by atoms with van der Waals surface area (Å²) in [6.07, 6.45) is 4.19. The molecule has 0 bridgehead atoms. The van der Waals surface area contributed by atoms with Gasteiger partial charge in [0.25, 0.3) is 0 Å². The Morgan fingerprint density at radius 2 is 2.00 bits per heavy atom. The van der Waals surface area contributed by atoms with Gasteiger partial charge in [-0.25, -0.2) is 0 Å². The molecule has 0 saturated heterocycles. The molecule has 0 aliphatic carbocycles. The molecule has 1 unspecified atom stereocenters. The molecule has 26 heavy (non-hydrogen) atoms. The summed E-state index contributed by atoms with van der Waals surface area (Å²) in [5.41, 5.74) is 0.869. The predicted octanol–water partition coefficient (Wildman–Crippen LogP) is 4.67. The van der Waals surface area contributed by atoms with Gasteiger partial charge in [0.1, 0.15) is 11.5 Å². The molecule has 1 aromatic carbocycles. The third kappa shape index (κ3) is 5.69. The summed E-state index contributed by atoms with van der Waals surface area (Å²) >= 11 is 0. The van der Waals surface area contributed by atoms with Gasteiger partial charge in [0.15, 0.2) is 11.5 Å². The maximum atomic E-state index is 12.1. The number of carbonyl (C=O) groups excluding carboxylic acids is 1. The standard InChI is InChI=1S/C21H27NO4/c1-5-13-25-19-11-8-17(14-20(19)24-6-2)9-12-21(23)22-16(4)18-10-7-15(3)26-18/h7-12,14,16H,5-6,13H2,1-4H3,(H,22,23)/b12-9+. The summed E-state index contributed by atoms with van der Waals surface area (Å²) in [6, 6.07) is 9.20. The van der Waals surface area contributed by atoms with Gasteiger partial charge in [-0.15, -0.1) is 0 Å². The fraction of sp³-hybridized carbons (Fsp3) is 0.381. The molecule has 2 aromatic rings. The summed E-state index contributed by atoms with van der Waals surface area (Å²) < 4.78 is 16.8. The van der Waals surface area contributed by atoms with Gasteiger partial charge in [0, 0.05) is 6.08 Å². The van der Waals surface area contributed by atoms with Crippen LogP contribution < -0.4 is 14.8 Å². The van der Waals surface area contributed by atoms with Crippen molar-refractivity contribution in [3.8, 4) is 11.5 Å². The van der Waals surface area contributed by atoms with E-state index in [1.807, 2.05) is 51.1 Å². The van der Waals surface area contributed by atoms with Crippen LogP contribution in [0.25, 0.3) is 6.08 Å². The SMILES string of the molecule is CCCOc1ccc(/C=C/C(=O)NC(C)c2ccc(C)o2)cc1OCC. The van der Waals surface area contributed by atoms with E-state index in [9.17, 15) is 4.79 Å². The normalized spacial score (nSPS) is 12.2. The maximum absolute atomic E-state index is 12.1. The fourth-order valence-electron chi connectivity index (χ4n) is 2.42. The van der Waals surface area contributed by atoms with Crippen LogP contribution in [-0.4, -0.2) is 19.1 Å². The predicted molar refractivity (Wildman–Crippen MR) is 102 cm³/mol. The molecule has 0 radical (unpaired) electrons. The lowest BCUT2D eigenvalue weighted by Gasteiger charge is -2.12. The summed E-state index contributed by atoms with van der Waals surface area (Å²) in [7, 11) is 0. The van der Waals surface area contributed by atoms with Crippen molar-refractivity contribution in [2.24, 2.45) is 0 Å². The fourth-order valence-corrected chi connectivity index (χ4v) is 2.42. The monoisotopic (exact) mass is 357 g/mol. The minimum atomic E-state index is -0.190. The first-order chi connectivity index (χ1) is 12.5. The molecular formula is C21H27NO4. The number of aryl methyl sites for hydroxylation is 1. The molecular weight excluding hydrogens is 330 g/mol. The lowest BCUT2D eigenvalue weighted by Crippen LogP contribution is -2.24.